The van der Waals surface area contributed by atoms with Gasteiger partial charge in [0.1, 0.15) is 22.8 Å². The first-order valence-corrected chi connectivity index (χ1v) is 14.6. The Hall–Kier alpha value is -6.00. The Kier molecular flexibility index (Phi) is 5.24. The average Bonchev–Trinajstić information content (AvgIpc) is 3.44. The fraction of sp³-hybridized carbons (Fsp3) is 0. The molecule has 0 radical (unpaired) electrons. The van der Waals surface area contributed by atoms with E-state index in [1.165, 1.54) is 5.39 Å². The van der Waals surface area contributed by atoms with Crippen LogP contribution >= 0.6 is 0 Å². The number of hydrogen-bond donors (Lipinski definition) is 0. The summed E-state index contributed by atoms with van der Waals surface area (Å²) in [6.45, 7) is 0. The predicted octanol–water partition coefficient (Wildman–Crippen LogP) is 11.0. The van der Waals surface area contributed by atoms with Gasteiger partial charge in [0, 0.05) is 40.0 Å². The molecule has 0 aliphatic carbocycles. The molecule has 0 aliphatic rings. The minimum absolute atomic E-state index is 0.502. The monoisotopic (exact) mass is 564 g/mol. The number of furan rings is 1. The van der Waals surface area contributed by atoms with Crippen LogP contribution in [0.5, 0.6) is 0 Å². The third-order valence-electron chi connectivity index (χ3n) is 8.41. The maximum atomic E-state index is 7.81. The molecule has 0 spiro atoms. The van der Waals surface area contributed by atoms with Gasteiger partial charge in [-0.25, -0.2) is 9.97 Å². The van der Waals surface area contributed by atoms with E-state index in [1.807, 2.05) is 48.8 Å². The molecule has 0 aliphatic heterocycles. The quantitative estimate of drug-likeness (QED) is 0.213. The number of pyridine rings is 2. The molecule has 0 amide bonds. The Morgan fingerprint density at radius 1 is 0.477 bits per heavy atom. The van der Waals surface area contributed by atoms with Crippen molar-refractivity contribution in [3.05, 3.63) is 152 Å². The zero-order valence-corrected chi connectivity index (χ0v) is 23.6. The van der Waals surface area contributed by atoms with E-state index in [2.05, 4.69) is 102 Å². The highest BCUT2D eigenvalue weighted by Crippen LogP contribution is 2.39. The van der Waals surface area contributed by atoms with Gasteiger partial charge in [0.2, 0.25) is 0 Å². The lowest BCUT2D eigenvalue weighted by atomic mass is 10.0. The minimum Gasteiger partial charge on any atom is -0.456 e. The van der Waals surface area contributed by atoms with Gasteiger partial charge < -0.3 is 4.42 Å². The van der Waals surface area contributed by atoms with E-state index in [0.717, 1.165) is 77.3 Å². The summed E-state index contributed by atoms with van der Waals surface area (Å²) in [5.41, 5.74) is 4.76. The summed E-state index contributed by atoms with van der Waals surface area (Å²) >= 11 is 0. The van der Waals surface area contributed by atoms with Crippen LogP contribution in [0.4, 0.5) is 17.3 Å². The molecule has 206 valence electrons. The van der Waals surface area contributed by atoms with E-state index in [-0.39, 0.29) is 0 Å². The molecule has 44 heavy (non-hydrogen) atoms. The van der Waals surface area contributed by atoms with E-state index >= 15 is 0 Å². The van der Waals surface area contributed by atoms with Crippen molar-refractivity contribution >= 4 is 71.6 Å². The van der Waals surface area contributed by atoms with Crippen molar-refractivity contribution in [2.75, 3.05) is 4.90 Å². The zero-order valence-electron chi connectivity index (χ0n) is 24.6. The van der Waals surface area contributed by atoms with E-state index in [4.69, 9.17) is 15.8 Å². The van der Waals surface area contributed by atoms with Gasteiger partial charge in [-0.15, -0.1) is 0 Å². The Morgan fingerprint density at radius 2 is 1.11 bits per heavy atom. The highest BCUT2D eigenvalue weighted by Gasteiger charge is 2.19. The number of aromatic nitrogens is 2. The molecule has 0 N–H and O–H groups in total. The predicted molar refractivity (Wildman–Crippen MR) is 182 cm³/mol. The fourth-order valence-corrected chi connectivity index (χ4v) is 6.18. The third kappa shape index (κ3) is 4.08. The normalized spacial score (nSPS) is 12.0. The maximum Gasteiger partial charge on any atom is 0.139 e. The van der Waals surface area contributed by atoms with Gasteiger partial charge in [-0.3, -0.25) is 4.90 Å². The summed E-state index contributed by atoms with van der Waals surface area (Å²) in [6, 6.07) is 46.0. The Bertz CT molecular complexity index is 2570. The van der Waals surface area contributed by atoms with Gasteiger partial charge >= 0.3 is 0 Å². The molecule has 0 atom stereocenters. The van der Waals surface area contributed by atoms with Crippen molar-refractivity contribution in [3.63, 3.8) is 0 Å². The molecule has 0 saturated heterocycles. The van der Waals surface area contributed by atoms with Crippen LogP contribution in [0.2, 0.25) is 0 Å². The van der Waals surface area contributed by atoms with Crippen molar-refractivity contribution in [1.82, 2.24) is 9.97 Å². The molecule has 6 aromatic carbocycles. The van der Waals surface area contributed by atoms with Crippen LogP contribution in [0.1, 0.15) is 1.37 Å². The molecular formula is C40H25N3O. The number of benzene rings is 6. The number of rotatable bonds is 4. The Morgan fingerprint density at radius 3 is 1.89 bits per heavy atom. The highest BCUT2D eigenvalue weighted by atomic mass is 16.3. The molecule has 3 aromatic heterocycles. The summed E-state index contributed by atoms with van der Waals surface area (Å²) in [4.78, 5) is 12.0. The van der Waals surface area contributed by atoms with E-state index in [0.29, 0.717) is 6.04 Å². The number of nitrogens with zero attached hydrogens (tertiary/aromatic N) is 3. The molecule has 4 heteroatoms. The van der Waals surface area contributed by atoms with Crippen molar-refractivity contribution in [3.8, 4) is 11.1 Å². The second kappa shape index (κ2) is 9.79. The van der Waals surface area contributed by atoms with Crippen LogP contribution < -0.4 is 4.90 Å². The van der Waals surface area contributed by atoms with Gasteiger partial charge in [0.05, 0.1) is 7.06 Å². The van der Waals surface area contributed by atoms with Gasteiger partial charge in [-0.05, 0) is 75.1 Å². The fourth-order valence-electron chi connectivity index (χ4n) is 6.18. The molecule has 3 heterocycles. The van der Waals surface area contributed by atoms with Crippen molar-refractivity contribution < 1.29 is 5.79 Å². The summed E-state index contributed by atoms with van der Waals surface area (Å²) in [7, 11) is 0. The maximum absolute atomic E-state index is 7.81. The van der Waals surface area contributed by atoms with Crippen LogP contribution in [0.15, 0.2) is 156 Å². The van der Waals surface area contributed by atoms with Crippen molar-refractivity contribution in [2.45, 2.75) is 0 Å². The SMILES string of the molecule is [2H]c1ccc(-c2ccc3cc(N(c4ccc5c(c4)oc4cc6ccccc6cc45)c4cc5ccccc5cn4)ncc3c2)cc1. The molecule has 0 fully saturated rings. The van der Waals surface area contributed by atoms with Crippen LogP contribution in [0.3, 0.4) is 0 Å². The molecule has 0 unspecified atom stereocenters. The van der Waals surface area contributed by atoms with Crippen molar-refractivity contribution in [1.29, 1.82) is 0 Å². The summed E-state index contributed by atoms with van der Waals surface area (Å²) < 4.78 is 14.3. The Balaban J connectivity index is 1.20. The van der Waals surface area contributed by atoms with Gasteiger partial charge in [-0.2, -0.15) is 0 Å². The van der Waals surface area contributed by atoms with Crippen LogP contribution in [0.25, 0.3) is 65.4 Å². The molecule has 9 aromatic rings. The lowest BCUT2D eigenvalue weighted by molar-refractivity contribution is 0.669. The topological polar surface area (TPSA) is 42.2 Å². The zero-order chi connectivity index (χ0) is 29.9. The lowest BCUT2D eigenvalue weighted by Crippen LogP contribution is -2.13. The molecule has 4 nitrogen and oxygen atoms in total. The molecular weight excluding hydrogens is 538 g/mol. The van der Waals surface area contributed by atoms with Crippen LogP contribution in [0, 0.1) is 0 Å². The summed E-state index contributed by atoms with van der Waals surface area (Å²) in [6.07, 6.45) is 3.84. The average molecular weight is 565 g/mol. The Labute approximate surface area is 254 Å². The first-order valence-electron chi connectivity index (χ1n) is 15.1. The van der Waals surface area contributed by atoms with E-state index in [1.54, 1.807) is 0 Å². The molecule has 0 saturated carbocycles. The summed E-state index contributed by atoms with van der Waals surface area (Å²) in [5, 5.41) is 8.82. The lowest BCUT2D eigenvalue weighted by Gasteiger charge is -2.24. The second-order valence-electron chi connectivity index (χ2n) is 11.1. The second-order valence-corrected chi connectivity index (χ2v) is 11.1. The van der Waals surface area contributed by atoms with Gasteiger partial charge in [-0.1, -0.05) is 91.0 Å². The van der Waals surface area contributed by atoms with E-state index in [9.17, 15) is 0 Å². The third-order valence-corrected chi connectivity index (χ3v) is 8.41. The minimum atomic E-state index is 0.502. The molecule has 0 bridgehead atoms. The first-order chi connectivity index (χ1) is 22.2. The molecule has 9 rings (SSSR count). The summed E-state index contributed by atoms with van der Waals surface area (Å²) in [5.74, 6) is 1.53. The largest absolute Gasteiger partial charge is 0.456 e. The number of fused-ring (bicyclic) bond motifs is 6. The van der Waals surface area contributed by atoms with E-state index < -0.39 is 0 Å². The van der Waals surface area contributed by atoms with Crippen molar-refractivity contribution in [2.24, 2.45) is 0 Å². The standard InChI is InChI=1S/C40H25N3O/c1-2-8-26(9-3-1)30-14-15-31-22-40(42-25-33(31)18-30)43(39-21-29-12-6-7-13-32(29)24-41-39)34-16-17-35-36-19-27-10-4-5-11-28(27)20-37(36)44-38(35)23-34/h1-25H/i1D. The number of anilines is 3. The first kappa shape index (κ1) is 23.6. The van der Waals surface area contributed by atoms with Crippen LogP contribution in [-0.4, -0.2) is 9.97 Å². The number of hydrogen-bond acceptors (Lipinski definition) is 4. The van der Waals surface area contributed by atoms with Gasteiger partial charge in [0.15, 0.2) is 0 Å². The smallest absolute Gasteiger partial charge is 0.139 e. The van der Waals surface area contributed by atoms with Gasteiger partial charge in [0.25, 0.3) is 0 Å². The highest BCUT2D eigenvalue weighted by molar-refractivity contribution is 6.11. The van der Waals surface area contributed by atoms with Crippen LogP contribution in [-0.2, 0) is 0 Å².